The zero-order valence-electron chi connectivity index (χ0n) is 23.5. The van der Waals surface area contributed by atoms with Crippen LogP contribution in [0.3, 0.4) is 0 Å². The highest BCUT2D eigenvalue weighted by atomic mass is 28.4. The van der Waals surface area contributed by atoms with E-state index >= 15 is 0 Å². The van der Waals surface area contributed by atoms with Crippen LogP contribution in [0.4, 0.5) is 0 Å². The lowest BCUT2D eigenvalue weighted by atomic mass is 10.1. The van der Waals surface area contributed by atoms with Crippen molar-refractivity contribution in [3.05, 3.63) is 33.1 Å². The maximum atomic E-state index is 12.7. The topological polar surface area (TPSA) is 174 Å². The van der Waals surface area contributed by atoms with Crippen molar-refractivity contribution in [2.45, 2.75) is 83.8 Å². The lowest BCUT2D eigenvalue weighted by molar-refractivity contribution is -0.320. The number of aliphatic hydroxyl groups excluding tert-OH is 1. The molecule has 0 amide bonds. The van der Waals surface area contributed by atoms with Crippen molar-refractivity contribution in [3.8, 4) is 0 Å². The minimum Gasteiger partial charge on any atom is -0.463 e. The lowest BCUT2D eigenvalue weighted by Crippen LogP contribution is -2.51. The quantitative estimate of drug-likeness (QED) is 0.137. The number of aromatic amines is 1. The summed E-state index contributed by atoms with van der Waals surface area (Å²) in [5.74, 6) is -0.996. The van der Waals surface area contributed by atoms with Gasteiger partial charge in [-0.25, -0.2) is 4.79 Å². The summed E-state index contributed by atoms with van der Waals surface area (Å²) in [5.41, 5.74) is -1.35. The molecule has 2 heterocycles. The molecule has 0 spiro atoms. The molecule has 1 aliphatic heterocycles. The number of hydrogen-bond acceptors (Lipinski definition) is 12. The average molecular weight is 577 g/mol. The zero-order chi connectivity index (χ0) is 29.4. The summed E-state index contributed by atoms with van der Waals surface area (Å²) in [5, 5.41) is 9.95. The van der Waals surface area contributed by atoms with E-state index in [1.165, 1.54) is 20.0 Å². The second-order valence-corrected chi connectivity index (χ2v) is 15.2. The van der Waals surface area contributed by atoms with Gasteiger partial charge in [-0.3, -0.25) is 23.9 Å². The van der Waals surface area contributed by atoms with Crippen molar-refractivity contribution in [3.63, 3.8) is 0 Å². The molecule has 39 heavy (non-hydrogen) atoms. The minimum atomic E-state index is -2.47. The summed E-state index contributed by atoms with van der Waals surface area (Å²) in [6.45, 7) is 10.4. The molecule has 0 radical (unpaired) electrons. The molecule has 2 N–H and O–H groups in total. The molecule has 1 aromatic heterocycles. The number of hydrogen-bond donors (Lipinski definition) is 2. The first-order valence-corrected chi connectivity index (χ1v) is 15.5. The second kappa shape index (κ2) is 14.3. The van der Waals surface area contributed by atoms with Gasteiger partial charge in [0.25, 0.3) is 12.0 Å². The van der Waals surface area contributed by atoms with E-state index in [9.17, 15) is 24.3 Å². The van der Waals surface area contributed by atoms with Crippen molar-refractivity contribution in [1.82, 2.24) is 9.55 Å². The van der Waals surface area contributed by atoms with Crippen molar-refractivity contribution in [1.29, 1.82) is 0 Å². The largest absolute Gasteiger partial charge is 0.463 e. The maximum absolute atomic E-state index is 12.7. The minimum absolute atomic E-state index is 0.0877. The lowest BCUT2D eigenvalue weighted by Gasteiger charge is -2.40. The van der Waals surface area contributed by atoms with E-state index in [0.717, 1.165) is 10.6 Å². The third kappa shape index (κ3) is 9.63. The van der Waals surface area contributed by atoms with Gasteiger partial charge < -0.3 is 38.0 Å². The number of aromatic nitrogens is 2. The van der Waals surface area contributed by atoms with Gasteiger partial charge in [0.1, 0.15) is 31.5 Å². The third-order valence-electron chi connectivity index (χ3n) is 6.38. The number of carbonyl (C=O) groups is 2. The molecule has 1 aliphatic rings. The van der Waals surface area contributed by atoms with Crippen molar-refractivity contribution >= 4 is 20.3 Å². The molecule has 1 saturated heterocycles. The summed E-state index contributed by atoms with van der Waals surface area (Å²) in [6, 6.07) is 1.15. The molecule has 0 aromatic carbocycles. The first-order chi connectivity index (χ1) is 18.2. The number of nitrogens with zero attached hydrogens (tertiary/aromatic N) is 1. The van der Waals surface area contributed by atoms with Gasteiger partial charge in [0.05, 0.1) is 19.8 Å². The number of carbonyl (C=O) groups excluding carboxylic acids is 2. The predicted octanol–water partition coefficient (Wildman–Crippen LogP) is 0.645. The third-order valence-corrected chi connectivity index (χ3v) is 10.9. The van der Waals surface area contributed by atoms with Gasteiger partial charge in [-0.2, -0.15) is 0 Å². The Morgan fingerprint density at radius 2 is 1.62 bits per heavy atom. The molecule has 1 fully saturated rings. The number of rotatable bonds is 14. The van der Waals surface area contributed by atoms with E-state index in [1.807, 2.05) is 33.9 Å². The van der Waals surface area contributed by atoms with E-state index in [4.69, 9.17) is 32.8 Å². The first kappa shape index (κ1) is 32.8. The van der Waals surface area contributed by atoms with Gasteiger partial charge in [0.2, 0.25) is 0 Å². The van der Waals surface area contributed by atoms with Gasteiger partial charge in [-0.1, -0.05) is 20.8 Å². The van der Waals surface area contributed by atoms with E-state index in [1.54, 1.807) is 0 Å². The van der Waals surface area contributed by atoms with Gasteiger partial charge in [0, 0.05) is 26.1 Å². The molecular formula is C24H40N2O12Si. The monoisotopic (exact) mass is 576 g/mol. The van der Waals surface area contributed by atoms with Crippen LogP contribution in [0, 0.1) is 0 Å². The van der Waals surface area contributed by atoms with Crippen molar-refractivity contribution in [2.24, 2.45) is 0 Å². The Hall–Kier alpha value is -2.40. The van der Waals surface area contributed by atoms with Crippen LogP contribution in [0.1, 0.15) is 40.8 Å². The smallest absolute Gasteiger partial charge is 0.330 e. The SMILES string of the molecule is CC(=O)OCCOC(OCCOC(C)=O)OC1[C@@H](O[Si](C)(C)C(C)(C)C)[C@@H](CO)O[C@H]1n1ccc(=O)[nH]c1=O. The number of H-pyrrole nitrogens is 1. The van der Waals surface area contributed by atoms with Gasteiger partial charge in [-0.05, 0) is 18.1 Å². The van der Waals surface area contributed by atoms with Gasteiger partial charge >= 0.3 is 17.6 Å². The van der Waals surface area contributed by atoms with Gasteiger partial charge in [-0.15, -0.1) is 0 Å². The van der Waals surface area contributed by atoms with Crippen LogP contribution in [-0.2, 0) is 42.4 Å². The van der Waals surface area contributed by atoms with E-state index in [2.05, 4.69) is 4.98 Å². The van der Waals surface area contributed by atoms with Crippen LogP contribution in [0.5, 0.6) is 0 Å². The highest BCUT2D eigenvalue weighted by molar-refractivity contribution is 6.74. The maximum Gasteiger partial charge on any atom is 0.330 e. The molecule has 0 saturated carbocycles. The Labute approximate surface area is 227 Å². The number of aliphatic hydroxyl groups is 1. The fourth-order valence-electron chi connectivity index (χ4n) is 3.43. The predicted molar refractivity (Wildman–Crippen MR) is 138 cm³/mol. The molecule has 0 aliphatic carbocycles. The number of esters is 2. The molecule has 1 unspecified atom stereocenters. The first-order valence-electron chi connectivity index (χ1n) is 12.6. The summed E-state index contributed by atoms with van der Waals surface area (Å²) >= 11 is 0. The molecular weight excluding hydrogens is 536 g/mol. The summed E-state index contributed by atoms with van der Waals surface area (Å²) in [7, 11) is -2.47. The Kier molecular flexibility index (Phi) is 12.0. The fraction of sp³-hybridized carbons (Fsp3) is 0.750. The van der Waals surface area contributed by atoms with Crippen LogP contribution < -0.4 is 11.2 Å². The van der Waals surface area contributed by atoms with Crippen molar-refractivity contribution < 1.29 is 47.5 Å². The summed E-state index contributed by atoms with van der Waals surface area (Å²) in [6.07, 6.45) is -2.71. The van der Waals surface area contributed by atoms with Crippen molar-refractivity contribution in [2.75, 3.05) is 33.0 Å². The van der Waals surface area contributed by atoms with Crippen LogP contribution in [0.2, 0.25) is 18.1 Å². The number of ether oxygens (including phenoxy) is 6. The molecule has 15 heteroatoms. The highest BCUT2D eigenvalue weighted by Gasteiger charge is 2.52. The van der Waals surface area contributed by atoms with E-state index in [0.29, 0.717) is 0 Å². The Morgan fingerprint density at radius 3 is 2.08 bits per heavy atom. The molecule has 1 aromatic rings. The fourth-order valence-corrected chi connectivity index (χ4v) is 4.75. The number of nitrogens with one attached hydrogen (secondary N) is 1. The summed E-state index contributed by atoms with van der Waals surface area (Å²) in [4.78, 5) is 48.8. The molecule has 2 rings (SSSR count). The standard InChI is InChI=1S/C24H40N2O12Si/c1-15(28)32-10-12-34-23(35-13-11-33-16(2)29)37-20-19(38-39(6,7)24(3,4)5)17(14-27)36-21(20)26-9-8-18(30)25-22(26)31/h8-9,17,19-21,23,27H,10-14H2,1-7H3,(H,25,30,31)/t17-,19+,20?,21-/m1/s1. The van der Waals surface area contributed by atoms with Gasteiger partial charge in [0.15, 0.2) is 14.5 Å². The van der Waals surface area contributed by atoms with Crippen LogP contribution in [0.25, 0.3) is 0 Å². The Bertz CT molecular complexity index is 1040. The molecule has 0 bridgehead atoms. The Morgan fingerprint density at radius 1 is 1.05 bits per heavy atom. The Balaban J connectivity index is 2.41. The van der Waals surface area contributed by atoms with Crippen LogP contribution in [0.15, 0.2) is 21.9 Å². The highest BCUT2D eigenvalue weighted by Crippen LogP contribution is 2.42. The van der Waals surface area contributed by atoms with E-state index < -0.39 is 69.1 Å². The average Bonchev–Trinajstić information content (AvgIpc) is 3.14. The molecule has 14 nitrogen and oxygen atoms in total. The molecule has 4 atom stereocenters. The normalized spacial score (nSPS) is 21.8. The summed E-state index contributed by atoms with van der Waals surface area (Å²) < 4.78 is 41.0. The van der Waals surface area contributed by atoms with Crippen LogP contribution >= 0.6 is 0 Å². The van der Waals surface area contributed by atoms with E-state index in [-0.39, 0.29) is 31.5 Å². The second-order valence-electron chi connectivity index (χ2n) is 10.4. The zero-order valence-corrected chi connectivity index (χ0v) is 24.5. The molecule has 222 valence electrons. The van der Waals surface area contributed by atoms with Crippen LogP contribution in [-0.4, -0.2) is 92.7 Å².